The van der Waals surface area contributed by atoms with E-state index in [1.807, 2.05) is 23.0 Å². The summed E-state index contributed by atoms with van der Waals surface area (Å²) >= 11 is 0. The predicted molar refractivity (Wildman–Crippen MR) is 65.1 cm³/mol. The number of benzene rings is 1. The lowest BCUT2D eigenvalue weighted by Gasteiger charge is -2.02. The second-order valence-corrected chi connectivity index (χ2v) is 3.91. The van der Waals surface area contributed by atoms with Gasteiger partial charge in [0.05, 0.1) is 12.2 Å². The topological polar surface area (TPSA) is 29.9 Å². The van der Waals surface area contributed by atoms with Crippen LogP contribution in [0.1, 0.15) is 18.2 Å². The van der Waals surface area contributed by atoms with Gasteiger partial charge in [0.1, 0.15) is 5.82 Å². The van der Waals surface area contributed by atoms with Crippen LogP contribution in [-0.2, 0) is 13.1 Å². The molecule has 0 unspecified atom stereocenters. The zero-order valence-corrected chi connectivity index (χ0v) is 9.86. The normalized spacial score (nSPS) is 10.7. The monoisotopic (exact) mass is 233 g/mol. The zero-order chi connectivity index (χ0) is 12.1. The maximum absolute atomic E-state index is 13.0. The molecule has 1 aromatic heterocycles. The minimum atomic E-state index is -0.206. The minimum absolute atomic E-state index is 0.206. The van der Waals surface area contributed by atoms with Gasteiger partial charge in [0.2, 0.25) is 0 Å². The molecule has 17 heavy (non-hydrogen) atoms. The third kappa shape index (κ3) is 3.39. The van der Waals surface area contributed by atoms with Crippen LogP contribution in [0.3, 0.4) is 0 Å². The number of hydrogen-bond acceptors (Lipinski definition) is 2. The molecule has 0 aliphatic rings. The summed E-state index contributed by atoms with van der Waals surface area (Å²) in [6.45, 7) is 4.36. The number of nitrogens with zero attached hydrogens (tertiary/aromatic N) is 2. The van der Waals surface area contributed by atoms with Gasteiger partial charge in [-0.05, 0) is 30.3 Å². The summed E-state index contributed by atoms with van der Waals surface area (Å²) in [6, 6.07) is 8.57. The van der Waals surface area contributed by atoms with E-state index < -0.39 is 0 Å². The molecule has 0 saturated carbocycles. The van der Waals surface area contributed by atoms with Crippen molar-refractivity contribution in [3.63, 3.8) is 0 Å². The first kappa shape index (κ1) is 11.8. The van der Waals surface area contributed by atoms with Crippen molar-refractivity contribution in [2.24, 2.45) is 0 Å². The Kier molecular flexibility index (Phi) is 3.88. The Hall–Kier alpha value is -1.68. The highest BCUT2D eigenvalue weighted by Crippen LogP contribution is 2.06. The minimum Gasteiger partial charge on any atom is -0.311 e. The molecule has 4 heteroatoms. The van der Waals surface area contributed by atoms with Crippen molar-refractivity contribution in [1.29, 1.82) is 0 Å². The average molecular weight is 233 g/mol. The molecular formula is C13H16FN3. The number of nitrogens with one attached hydrogen (secondary N) is 1. The van der Waals surface area contributed by atoms with Gasteiger partial charge in [0, 0.05) is 12.7 Å². The summed E-state index contributed by atoms with van der Waals surface area (Å²) in [6.07, 6.45) is 1.91. The molecule has 0 radical (unpaired) electrons. The highest BCUT2D eigenvalue weighted by molar-refractivity contribution is 5.16. The van der Waals surface area contributed by atoms with Crippen LogP contribution in [0, 0.1) is 5.82 Å². The number of hydrogen-bond donors (Lipinski definition) is 1. The van der Waals surface area contributed by atoms with E-state index in [0.717, 1.165) is 24.3 Å². The van der Waals surface area contributed by atoms with Gasteiger partial charge in [-0.25, -0.2) is 4.39 Å². The van der Waals surface area contributed by atoms with Crippen LogP contribution in [0.25, 0.3) is 0 Å². The lowest BCUT2D eigenvalue weighted by atomic mass is 10.2. The molecule has 0 amide bonds. The van der Waals surface area contributed by atoms with E-state index in [-0.39, 0.29) is 5.82 Å². The fraction of sp³-hybridized carbons (Fsp3) is 0.308. The Labute approximate surface area is 100 Å². The molecular weight excluding hydrogens is 217 g/mol. The Morgan fingerprint density at radius 2 is 2.24 bits per heavy atom. The van der Waals surface area contributed by atoms with Crippen molar-refractivity contribution in [1.82, 2.24) is 15.1 Å². The third-order valence-corrected chi connectivity index (χ3v) is 2.49. The average Bonchev–Trinajstić information content (AvgIpc) is 2.74. The molecule has 90 valence electrons. The summed E-state index contributed by atoms with van der Waals surface area (Å²) in [4.78, 5) is 0. The van der Waals surface area contributed by atoms with Crippen molar-refractivity contribution in [2.75, 3.05) is 6.54 Å². The second-order valence-electron chi connectivity index (χ2n) is 3.91. The number of aromatic nitrogens is 2. The quantitative estimate of drug-likeness (QED) is 0.857. The van der Waals surface area contributed by atoms with Gasteiger partial charge < -0.3 is 5.32 Å². The fourth-order valence-electron chi connectivity index (χ4n) is 1.66. The molecule has 0 fully saturated rings. The molecule has 0 spiro atoms. The summed E-state index contributed by atoms with van der Waals surface area (Å²) in [7, 11) is 0. The number of halogens is 1. The lowest BCUT2D eigenvalue weighted by Crippen LogP contribution is -2.12. The Bertz CT molecular complexity index is 479. The highest BCUT2D eigenvalue weighted by Gasteiger charge is 2.00. The van der Waals surface area contributed by atoms with E-state index in [9.17, 15) is 4.39 Å². The van der Waals surface area contributed by atoms with Crippen molar-refractivity contribution < 1.29 is 4.39 Å². The van der Waals surface area contributed by atoms with E-state index in [1.54, 1.807) is 6.07 Å². The van der Waals surface area contributed by atoms with Crippen molar-refractivity contribution >= 4 is 0 Å². The first-order valence-electron chi connectivity index (χ1n) is 5.75. The summed E-state index contributed by atoms with van der Waals surface area (Å²) in [5, 5.41) is 7.62. The molecule has 2 rings (SSSR count). The van der Waals surface area contributed by atoms with Crippen LogP contribution in [0.15, 0.2) is 36.5 Å². The lowest BCUT2D eigenvalue weighted by molar-refractivity contribution is 0.615. The van der Waals surface area contributed by atoms with E-state index in [2.05, 4.69) is 17.3 Å². The molecule has 1 N–H and O–H groups in total. The Morgan fingerprint density at radius 1 is 1.35 bits per heavy atom. The van der Waals surface area contributed by atoms with Crippen LogP contribution >= 0.6 is 0 Å². The predicted octanol–water partition coefficient (Wildman–Crippen LogP) is 2.18. The summed E-state index contributed by atoms with van der Waals surface area (Å²) < 4.78 is 14.8. The smallest absolute Gasteiger partial charge is 0.123 e. The van der Waals surface area contributed by atoms with Crippen LogP contribution in [0.2, 0.25) is 0 Å². The van der Waals surface area contributed by atoms with Gasteiger partial charge in [-0.15, -0.1) is 0 Å². The zero-order valence-electron chi connectivity index (χ0n) is 9.86. The van der Waals surface area contributed by atoms with Crippen LogP contribution < -0.4 is 5.32 Å². The van der Waals surface area contributed by atoms with Gasteiger partial charge in [0.25, 0.3) is 0 Å². The first-order valence-corrected chi connectivity index (χ1v) is 5.75. The molecule has 3 nitrogen and oxygen atoms in total. The fourth-order valence-corrected chi connectivity index (χ4v) is 1.66. The SMILES string of the molecule is CCNCc1ccn(Cc2cccc(F)c2)n1. The van der Waals surface area contributed by atoms with Gasteiger partial charge in [-0.3, -0.25) is 4.68 Å². The summed E-state index contributed by atoms with van der Waals surface area (Å²) in [5.41, 5.74) is 1.92. The van der Waals surface area contributed by atoms with Crippen molar-refractivity contribution in [3.05, 3.63) is 53.6 Å². The molecule has 0 atom stereocenters. The van der Waals surface area contributed by atoms with Gasteiger partial charge in [-0.1, -0.05) is 19.1 Å². The van der Waals surface area contributed by atoms with Crippen LogP contribution in [-0.4, -0.2) is 16.3 Å². The van der Waals surface area contributed by atoms with Gasteiger partial charge >= 0.3 is 0 Å². The molecule has 0 aliphatic carbocycles. The molecule has 2 aromatic rings. The Morgan fingerprint density at radius 3 is 3.00 bits per heavy atom. The molecule has 1 heterocycles. The van der Waals surface area contributed by atoms with Crippen LogP contribution in [0.4, 0.5) is 4.39 Å². The molecule has 0 aliphatic heterocycles. The van der Waals surface area contributed by atoms with Gasteiger partial charge in [-0.2, -0.15) is 5.10 Å². The Balaban J connectivity index is 2.01. The standard InChI is InChI=1S/C13H16FN3/c1-2-15-9-13-6-7-17(16-13)10-11-4-3-5-12(14)8-11/h3-8,15H,2,9-10H2,1H3. The molecule has 0 bridgehead atoms. The summed E-state index contributed by atoms with van der Waals surface area (Å²) in [5.74, 6) is -0.206. The van der Waals surface area contributed by atoms with E-state index in [4.69, 9.17) is 0 Å². The maximum Gasteiger partial charge on any atom is 0.123 e. The molecule has 1 aromatic carbocycles. The maximum atomic E-state index is 13.0. The van der Waals surface area contributed by atoms with Crippen molar-refractivity contribution in [2.45, 2.75) is 20.0 Å². The van der Waals surface area contributed by atoms with E-state index in [1.165, 1.54) is 12.1 Å². The third-order valence-electron chi connectivity index (χ3n) is 2.49. The first-order chi connectivity index (χ1) is 8.28. The molecule has 0 saturated heterocycles. The largest absolute Gasteiger partial charge is 0.311 e. The second kappa shape index (κ2) is 5.59. The number of rotatable bonds is 5. The van der Waals surface area contributed by atoms with Crippen LogP contribution in [0.5, 0.6) is 0 Å². The van der Waals surface area contributed by atoms with Crippen molar-refractivity contribution in [3.8, 4) is 0 Å². The van der Waals surface area contributed by atoms with E-state index in [0.29, 0.717) is 6.54 Å². The van der Waals surface area contributed by atoms with Gasteiger partial charge in [0.15, 0.2) is 0 Å². The highest BCUT2D eigenvalue weighted by atomic mass is 19.1. The van der Waals surface area contributed by atoms with E-state index >= 15 is 0 Å².